The van der Waals surface area contributed by atoms with Gasteiger partial charge in [-0.25, -0.2) is 4.98 Å². The van der Waals surface area contributed by atoms with E-state index in [4.69, 9.17) is 11.6 Å². The lowest BCUT2D eigenvalue weighted by molar-refractivity contribution is -0.292. The molecule has 1 aliphatic carbocycles. The van der Waals surface area contributed by atoms with Gasteiger partial charge in [0.1, 0.15) is 22.8 Å². The summed E-state index contributed by atoms with van der Waals surface area (Å²) >= 11 is 6.07. The average molecular weight is 528 g/mol. The van der Waals surface area contributed by atoms with Crippen LogP contribution in [-0.4, -0.2) is 37.9 Å². The van der Waals surface area contributed by atoms with Crippen LogP contribution >= 0.6 is 11.6 Å². The quantitative estimate of drug-likeness (QED) is 0.418. The standard InChI is InChI=1S/C20H14ClF8N5O/c1-34-14(13(19(24,25)26)15(33-34)18(22,23)20(27,28)29)12-7-30-16(32-12)8-2-5-11(21)10(6-8)17(35)31-9-3-4-9/h2,5-7,9H,3-4H2,1H3,(H,30,32)(H,31,35). The summed E-state index contributed by atoms with van der Waals surface area (Å²) in [6, 6.07) is 4.09. The van der Waals surface area contributed by atoms with E-state index in [1.807, 2.05) is 0 Å². The van der Waals surface area contributed by atoms with Gasteiger partial charge >= 0.3 is 18.3 Å². The van der Waals surface area contributed by atoms with Crippen molar-refractivity contribution in [2.24, 2.45) is 7.05 Å². The zero-order chi connectivity index (χ0) is 25.9. The van der Waals surface area contributed by atoms with Crippen molar-refractivity contribution in [2.75, 3.05) is 0 Å². The maximum Gasteiger partial charge on any atom is 0.459 e. The molecule has 0 atom stereocenters. The predicted molar refractivity (Wildman–Crippen MR) is 107 cm³/mol. The van der Waals surface area contributed by atoms with Gasteiger partial charge in [0.2, 0.25) is 0 Å². The number of carbonyl (C=O) groups is 1. The minimum Gasteiger partial charge on any atom is -0.349 e. The Morgan fingerprint density at radius 2 is 1.80 bits per heavy atom. The average Bonchev–Trinajstić information content (AvgIpc) is 3.27. The number of alkyl halides is 8. The van der Waals surface area contributed by atoms with Gasteiger partial charge in [0.25, 0.3) is 5.91 Å². The van der Waals surface area contributed by atoms with E-state index in [0.29, 0.717) is 0 Å². The summed E-state index contributed by atoms with van der Waals surface area (Å²) in [7, 11) is 0.789. The minimum atomic E-state index is -6.31. The van der Waals surface area contributed by atoms with Crippen LogP contribution in [0.4, 0.5) is 35.1 Å². The first-order valence-corrected chi connectivity index (χ1v) is 10.2. The summed E-state index contributed by atoms with van der Waals surface area (Å²) in [5.74, 6) is -6.43. The molecule has 0 aliphatic heterocycles. The van der Waals surface area contributed by atoms with Crippen LogP contribution in [0.3, 0.4) is 0 Å². The molecule has 15 heteroatoms. The van der Waals surface area contributed by atoms with Crippen LogP contribution in [-0.2, 0) is 19.1 Å². The third-order valence-corrected chi connectivity index (χ3v) is 5.53. The highest BCUT2D eigenvalue weighted by Gasteiger charge is 2.64. The smallest absolute Gasteiger partial charge is 0.349 e. The number of carbonyl (C=O) groups excluding carboxylic acids is 1. The van der Waals surface area contributed by atoms with E-state index in [1.165, 1.54) is 18.2 Å². The zero-order valence-corrected chi connectivity index (χ0v) is 18.2. The number of hydrogen-bond donors (Lipinski definition) is 2. The third-order valence-electron chi connectivity index (χ3n) is 5.20. The number of aryl methyl sites for hydroxylation is 1. The number of halogens is 9. The molecule has 1 amide bonds. The van der Waals surface area contributed by atoms with Crippen LogP contribution in [0.2, 0.25) is 5.02 Å². The SMILES string of the molecule is Cn1nc(C(F)(F)C(F)(F)F)c(C(F)(F)F)c1-c1c[nH]c(-c2ccc(Cl)c(C(=O)NC3CC3)c2)n1. The number of amides is 1. The molecule has 1 saturated carbocycles. The molecule has 1 fully saturated rings. The van der Waals surface area contributed by atoms with Crippen LogP contribution in [0.5, 0.6) is 0 Å². The lowest BCUT2D eigenvalue weighted by Crippen LogP contribution is -2.36. The Bertz CT molecular complexity index is 1290. The summed E-state index contributed by atoms with van der Waals surface area (Å²) in [6.07, 6.45) is -9.40. The summed E-state index contributed by atoms with van der Waals surface area (Å²) in [5, 5.41) is 5.69. The molecule has 6 nitrogen and oxygen atoms in total. The molecule has 0 radical (unpaired) electrons. The molecule has 188 valence electrons. The number of nitrogens with one attached hydrogen (secondary N) is 2. The van der Waals surface area contributed by atoms with Gasteiger partial charge in [-0.15, -0.1) is 0 Å². The Balaban J connectivity index is 1.79. The monoisotopic (exact) mass is 527 g/mol. The maximum atomic E-state index is 13.9. The van der Waals surface area contributed by atoms with Crippen LogP contribution in [0.1, 0.15) is 34.5 Å². The molecule has 1 aromatic carbocycles. The van der Waals surface area contributed by atoms with Crippen molar-refractivity contribution in [3.63, 3.8) is 0 Å². The summed E-state index contributed by atoms with van der Waals surface area (Å²) in [5.41, 5.74) is -6.16. The molecule has 4 rings (SSSR count). The Morgan fingerprint density at radius 1 is 1.14 bits per heavy atom. The van der Waals surface area contributed by atoms with Gasteiger partial charge < -0.3 is 10.3 Å². The van der Waals surface area contributed by atoms with Crippen LogP contribution in [0.25, 0.3) is 22.8 Å². The highest BCUT2D eigenvalue weighted by molar-refractivity contribution is 6.34. The number of benzene rings is 1. The summed E-state index contributed by atoms with van der Waals surface area (Å²) in [6.45, 7) is 0. The fraction of sp³-hybridized carbons (Fsp3) is 0.350. The zero-order valence-electron chi connectivity index (χ0n) is 17.5. The Kier molecular flexibility index (Phi) is 5.85. The van der Waals surface area contributed by atoms with Gasteiger partial charge in [0, 0.05) is 24.8 Å². The molecular formula is C20H14ClF8N5O. The molecule has 0 saturated heterocycles. The van der Waals surface area contributed by atoms with Crippen molar-refractivity contribution in [3.05, 3.63) is 46.2 Å². The number of rotatable bonds is 5. The van der Waals surface area contributed by atoms with Crippen molar-refractivity contribution in [3.8, 4) is 22.8 Å². The van der Waals surface area contributed by atoms with Crippen molar-refractivity contribution in [1.29, 1.82) is 0 Å². The van der Waals surface area contributed by atoms with E-state index < -0.39 is 46.8 Å². The van der Waals surface area contributed by atoms with Crippen molar-refractivity contribution in [2.45, 2.75) is 37.2 Å². The number of nitrogens with zero attached hydrogens (tertiary/aromatic N) is 3. The van der Waals surface area contributed by atoms with Crippen LogP contribution < -0.4 is 5.32 Å². The largest absolute Gasteiger partial charge is 0.459 e. The molecule has 0 unspecified atom stereocenters. The van der Waals surface area contributed by atoms with E-state index in [0.717, 1.165) is 26.1 Å². The van der Waals surface area contributed by atoms with Gasteiger partial charge in [-0.2, -0.15) is 40.2 Å². The first-order valence-electron chi connectivity index (χ1n) is 9.87. The van der Waals surface area contributed by atoms with E-state index >= 15 is 0 Å². The highest BCUT2D eigenvalue weighted by atomic mass is 35.5. The molecule has 2 heterocycles. The first-order chi connectivity index (χ1) is 16.1. The van der Waals surface area contributed by atoms with Crippen molar-refractivity contribution < 1.29 is 39.9 Å². The molecular weight excluding hydrogens is 514 g/mol. The van der Waals surface area contributed by atoms with Gasteiger partial charge in [-0.3, -0.25) is 9.48 Å². The van der Waals surface area contributed by atoms with E-state index in [1.54, 1.807) is 0 Å². The van der Waals surface area contributed by atoms with Crippen molar-refractivity contribution in [1.82, 2.24) is 25.1 Å². The number of imidazole rings is 1. The number of hydrogen-bond acceptors (Lipinski definition) is 3. The number of aromatic nitrogens is 4. The second kappa shape index (κ2) is 8.21. The Morgan fingerprint density at radius 3 is 2.37 bits per heavy atom. The number of H-pyrrole nitrogens is 1. The molecule has 35 heavy (non-hydrogen) atoms. The fourth-order valence-corrected chi connectivity index (χ4v) is 3.57. The topological polar surface area (TPSA) is 75.6 Å². The molecule has 3 aromatic rings. The highest BCUT2D eigenvalue weighted by Crippen LogP contribution is 2.50. The summed E-state index contributed by atoms with van der Waals surface area (Å²) in [4.78, 5) is 18.8. The number of aromatic amines is 1. The van der Waals surface area contributed by atoms with E-state index in [2.05, 4.69) is 20.4 Å². The first kappa shape index (κ1) is 24.9. The minimum absolute atomic E-state index is 0.0205. The molecule has 2 N–H and O–H groups in total. The van der Waals surface area contributed by atoms with Crippen LogP contribution in [0, 0.1) is 0 Å². The Hall–Kier alpha value is -3.16. The van der Waals surface area contributed by atoms with Crippen molar-refractivity contribution >= 4 is 17.5 Å². The van der Waals surface area contributed by atoms with Gasteiger partial charge in [-0.1, -0.05) is 11.6 Å². The molecule has 2 aromatic heterocycles. The second-order valence-corrected chi connectivity index (χ2v) is 8.25. The molecule has 0 spiro atoms. The van der Waals surface area contributed by atoms with E-state index in [-0.39, 0.29) is 32.7 Å². The predicted octanol–water partition coefficient (Wildman–Crippen LogP) is 5.70. The van der Waals surface area contributed by atoms with Crippen LogP contribution in [0.15, 0.2) is 24.4 Å². The normalized spacial score (nSPS) is 14.9. The third kappa shape index (κ3) is 4.58. The fourth-order valence-electron chi connectivity index (χ4n) is 3.37. The van der Waals surface area contributed by atoms with Gasteiger partial charge in [0.15, 0.2) is 5.69 Å². The lowest BCUT2D eigenvalue weighted by Gasteiger charge is -2.19. The Labute approximate surface area is 196 Å². The second-order valence-electron chi connectivity index (χ2n) is 7.84. The lowest BCUT2D eigenvalue weighted by atomic mass is 10.1. The molecule has 0 bridgehead atoms. The van der Waals surface area contributed by atoms with Gasteiger partial charge in [0.05, 0.1) is 10.6 Å². The maximum absolute atomic E-state index is 13.9. The molecule has 1 aliphatic rings. The van der Waals surface area contributed by atoms with Gasteiger partial charge in [-0.05, 0) is 31.0 Å². The van der Waals surface area contributed by atoms with E-state index in [9.17, 15) is 39.9 Å². The summed E-state index contributed by atoms with van der Waals surface area (Å²) < 4.78 is 108.